The standard InChI is InChI=1S/C17H21ClN4O/c1-3-4-5-8-19-16(23)13-10-20-17(21-11-13)22-14-7-6-12(2)15(18)9-14/h6-7,9-11H,3-5,8H2,1-2H3,(H,19,23)(H,20,21,22). The lowest BCUT2D eigenvalue weighted by molar-refractivity contribution is 0.0952. The van der Waals surface area contributed by atoms with Crippen LogP contribution in [0.2, 0.25) is 5.02 Å². The summed E-state index contributed by atoms with van der Waals surface area (Å²) in [6.07, 6.45) is 6.25. The fraction of sp³-hybridized carbons (Fsp3) is 0.353. The number of hydrogen-bond acceptors (Lipinski definition) is 4. The van der Waals surface area contributed by atoms with E-state index in [-0.39, 0.29) is 5.91 Å². The van der Waals surface area contributed by atoms with Crippen molar-refractivity contribution in [2.45, 2.75) is 33.1 Å². The first-order valence-electron chi connectivity index (χ1n) is 7.73. The average molecular weight is 333 g/mol. The fourth-order valence-electron chi connectivity index (χ4n) is 1.99. The summed E-state index contributed by atoms with van der Waals surface area (Å²) in [5, 5.41) is 6.60. The highest BCUT2D eigenvalue weighted by Crippen LogP contribution is 2.21. The number of amides is 1. The van der Waals surface area contributed by atoms with Crippen molar-refractivity contribution < 1.29 is 4.79 Å². The molecule has 0 saturated heterocycles. The molecule has 1 heterocycles. The van der Waals surface area contributed by atoms with Gasteiger partial charge in [-0.1, -0.05) is 37.4 Å². The van der Waals surface area contributed by atoms with Crippen LogP contribution in [0.5, 0.6) is 0 Å². The van der Waals surface area contributed by atoms with Crippen molar-refractivity contribution in [1.29, 1.82) is 0 Å². The van der Waals surface area contributed by atoms with Gasteiger partial charge in [-0.15, -0.1) is 0 Å². The number of carbonyl (C=O) groups is 1. The zero-order chi connectivity index (χ0) is 16.7. The highest BCUT2D eigenvalue weighted by Gasteiger charge is 2.07. The molecule has 2 aromatic rings. The quantitative estimate of drug-likeness (QED) is 0.749. The number of aromatic nitrogens is 2. The summed E-state index contributed by atoms with van der Waals surface area (Å²) in [5.41, 5.74) is 2.26. The van der Waals surface area contributed by atoms with Gasteiger partial charge in [-0.3, -0.25) is 4.79 Å². The van der Waals surface area contributed by atoms with E-state index in [9.17, 15) is 4.79 Å². The van der Waals surface area contributed by atoms with Crippen molar-refractivity contribution in [1.82, 2.24) is 15.3 Å². The minimum Gasteiger partial charge on any atom is -0.352 e. The number of anilines is 2. The van der Waals surface area contributed by atoms with Crippen LogP contribution in [0.1, 0.15) is 42.1 Å². The summed E-state index contributed by atoms with van der Waals surface area (Å²) in [4.78, 5) is 20.3. The topological polar surface area (TPSA) is 66.9 Å². The molecule has 1 aromatic carbocycles. The normalized spacial score (nSPS) is 10.4. The lowest BCUT2D eigenvalue weighted by Gasteiger charge is -2.07. The summed E-state index contributed by atoms with van der Waals surface area (Å²) in [5.74, 6) is 0.276. The molecule has 0 aliphatic carbocycles. The summed E-state index contributed by atoms with van der Waals surface area (Å²) >= 11 is 6.08. The molecule has 6 heteroatoms. The molecule has 0 saturated carbocycles. The zero-order valence-electron chi connectivity index (χ0n) is 13.4. The second-order valence-electron chi connectivity index (χ2n) is 5.35. The van der Waals surface area contributed by atoms with Crippen molar-refractivity contribution in [2.75, 3.05) is 11.9 Å². The monoisotopic (exact) mass is 332 g/mol. The molecule has 0 radical (unpaired) electrons. The maximum atomic E-state index is 11.9. The molecule has 0 aliphatic heterocycles. The van der Waals surface area contributed by atoms with Gasteiger partial charge in [0.15, 0.2) is 0 Å². The average Bonchev–Trinajstić information content (AvgIpc) is 2.55. The molecule has 0 spiro atoms. The Kier molecular flexibility index (Phi) is 6.35. The van der Waals surface area contributed by atoms with Crippen LogP contribution in [-0.2, 0) is 0 Å². The molecular weight excluding hydrogens is 312 g/mol. The highest BCUT2D eigenvalue weighted by molar-refractivity contribution is 6.31. The molecule has 0 atom stereocenters. The van der Waals surface area contributed by atoms with Crippen LogP contribution in [-0.4, -0.2) is 22.4 Å². The molecule has 0 aliphatic rings. The Morgan fingerprint density at radius 3 is 2.61 bits per heavy atom. The molecule has 0 fully saturated rings. The van der Waals surface area contributed by atoms with E-state index in [1.54, 1.807) is 0 Å². The van der Waals surface area contributed by atoms with E-state index < -0.39 is 0 Å². The Bertz CT molecular complexity index is 658. The van der Waals surface area contributed by atoms with E-state index in [4.69, 9.17) is 11.6 Å². The first-order valence-corrected chi connectivity index (χ1v) is 8.11. The number of carbonyl (C=O) groups excluding carboxylic acids is 1. The molecule has 5 nitrogen and oxygen atoms in total. The van der Waals surface area contributed by atoms with Crippen LogP contribution in [0.15, 0.2) is 30.6 Å². The number of benzene rings is 1. The number of hydrogen-bond donors (Lipinski definition) is 2. The number of halogens is 1. The van der Waals surface area contributed by atoms with Crippen molar-refractivity contribution in [2.24, 2.45) is 0 Å². The SMILES string of the molecule is CCCCCNC(=O)c1cnc(Nc2ccc(C)c(Cl)c2)nc1. The molecule has 23 heavy (non-hydrogen) atoms. The first-order chi connectivity index (χ1) is 11.1. The maximum Gasteiger partial charge on any atom is 0.254 e. The van der Waals surface area contributed by atoms with E-state index in [1.807, 2.05) is 25.1 Å². The second kappa shape index (κ2) is 8.48. The van der Waals surface area contributed by atoms with Gasteiger partial charge in [-0.05, 0) is 31.0 Å². The lowest BCUT2D eigenvalue weighted by Crippen LogP contribution is -2.24. The van der Waals surface area contributed by atoms with Gasteiger partial charge < -0.3 is 10.6 Å². The van der Waals surface area contributed by atoms with Gasteiger partial charge in [0.05, 0.1) is 5.56 Å². The molecule has 122 valence electrons. The van der Waals surface area contributed by atoms with E-state index >= 15 is 0 Å². The highest BCUT2D eigenvalue weighted by atomic mass is 35.5. The van der Waals surface area contributed by atoms with Crippen LogP contribution in [0.3, 0.4) is 0 Å². The summed E-state index contributed by atoms with van der Waals surface area (Å²) in [6.45, 7) is 4.74. The van der Waals surface area contributed by atoms with E-state index in [0.29, 0.717) is 23.1 Å². The predicted molar refractivity (Wildman–Crippen MR) is 93.4 cm³/mol. The Balaban J connectivity index is 1.93. The van der Waals surface area contributed by atoms with Crippen molar-refractivity contribution in [3.63, 3.8) is 0 Å². The molecule has 2 N–H and O–H groups in total. The molecule has 1 amide bonds. The van der Waals surface area contributed by atoms with Gasteiger partial charge in [-0.25, -0.2) is 9.97 Å². The van der Waals surface area contributed by atoms with Crippen LogP contribution >= 0.6 is 11.6 Å². The number of rotatable bonds is 7. The summed E-state index contributed by atoms with van der Waals surface area (Å²) in [6, 6.07) is 5.64. The lowest BCUT2D eigenvalue weighted by atomic mass is 10.2. The third kappa shape index (κ3) is 5.21. The minimum atomic E-state index is -0.147. The van der Waals surface area contributed by atoms with Crippen LogP contribution in [0, 0.1) is 6.92 Å². The summed E-state index contributed by atoms with van der Waals surface area (Å²) in [7, 11) is 0. The number of nitrogens with zero attached hydrogens (tertiary/aromatic N) is 2. The Morgan fingerprint density at radius 1 is 1.22 bits per heavy atom. The predicted octanol–water partition coefficient (Wildman–Crippen LogP) is 4.10. The van der Waals surface area contributed by atoms with Gasteiger partial charge in [-0.2, -0.15) is 0 Å². The second-order valence-corrected chi connectivity index (χ2v) is 5.75. The Morgan fingerprint density at radius 2 is 1.96 bits per heavy atom. The number of nitrogens with one attached hydrogen (secondary N) is 2. The van der Waals surface area contributed by atoms with Crippen LogP contribution in [0.4, 0.5) is 11.6 Å². The van der Waals surface area contributed by atoms with Crippen LogP contribution in [0.25, 0.3) is 0 Å². The van der Waals surface area contributed by atoms with Crippen molar-refractivity contribution >= 4 is 29.1 Å². The van der Waals surface area contributed by atoms with Crippen molar-refractivity contribution in [3.8, 4) is 0 Å². The Labute approximate surface area is 141 Å². The number of aryl methyl sites for hydroxylation is 1. The smallest absolute Gasteiger partial charge is 0.254 e. The third-order valence-corrected chi connectivity index (χ3v) is 3.82. The molecule has 2 rings (SSSR count). The maximum absolute atomic E-state index is 11.9. The van der Waals surface area contributed by atoms with Gasteiger partial charge in [0, 0.05) is 29.6 Å². The van der Waals surface area contributed by atoms with Gasteiger partial charge in [0.1, 0.15) is 0 Å². The van der Waals surface area contributed by atoms with E-state index in [1.165, 1.54) is 12.4 Å². The third-order valence-electron chi connectivity index (χ3n) is 3.41. The van der Waals surface area contributed by atoms with Gasteiger partial charge in [0.25, 0.3) is 5.91 Å². The molecular formula is C17H21ClN4O. The van der Waals surface area contributed by atoms with E-state index in [2.05, 4.69) is 27.5 Å². The molecule has 0 bridgehead atoms. The van der Waals surface area contributed by atoms with Gasteiger partial charge in [0.2, 0.25) is 5.95 Å². The number of unbranched alkanes of at least 4 members (excludes halogenated alkanes) is 2. The first kappa shape index (κ1) is 17.2. The van der Waals surface area contributed by atoms with E-state index in [0.717, 1.165) is 30.5 Å². The largest absolute Gasteiger partial charge is 0.352 e. The Hall–Kier alpha value is -2.14. The molecule has 0 unspecified atom stereocenters. The zero-order valence-corrected chi connectivity index (χ0v) is 14.2. The minimum absolute atomic E-state index is 0.147. The summed E-state index contributed by atoms with van der Waals surface area (Å²) < 4.78 is 0. The van der Waals surface area contributed by atoms with Gasteiger partial charge >= 0.3 is 0 Å². The van der Waals surface area contributed by atoms with Crippen molar-refractivity contribution in [3.05, 3.63) is 46.7 Å². The fourth-order valence-corrected chi connectivity index (χ4v) is 2.17. The van der Waals surface area contributed by atoms with Crippen LogP contribution < -0.4 is 10.6 Å². The molecule has 1 aromatic heterocycles.